The first-order valence-electron chi connectivity index (χ1n) is 4.37. The third-order valence-electron chi connectivity index (χ3n) is 2.14. The molecular weight excluding hydrogens is 196 g/mol. The van der Waals surface area contributed by atoms with Gasteiger partial charge in [-0.2, -0.15) is 5.26 Å². The molecule has 1 aliphatic heterocycles. The molecule has 1 unspecified atom stereocenters. The first-order valence-corrected chi connectivity index (χ1v) is 4.37. The van der Waals surface area contributed by atoms with E-state index >= 15 is 0 Å². The number of rotatable bonds is 1. The van der Waals surface area contributed by atoms with E-state index in [0.29, 0.717) is 17.0 Å². The van der Waals surface area contributed by atoms with E-state index in [2.05, 4.69) is 5.32 Å². The fourth-order valence-corrected chi connectivity index (χ4v) is 1.37. The molecule has 76 valence electrons. The summed E-state index contributed by atoms with van der Waals surface area (Å²) in [6, 6.07) is 6.09. The maximum Gasteiger partial charge on any atom is 0.329 e. The molecule has 1 aromatic rings. The zero-order valence-corrected chi connectivity index (χ0v) is 7.73. The standard InChI is InChI=1S/C10H8N2O3/c11-4-6-1-2-7-9(3-6)15-5-8(12-7)10(13)14/h1-3,8,12H,5H2,(H,13,14). The summed E-state index contributed by atoms with van der Waals surface area (Å²) in [5.74, 6) is -0.434. The molecule has 1 heterocycles. The number of benzene rings is 1. The molecule has 1 aromatic carbocycles. The number of hydrogen-bond donors (Lipinski definition) is 2. The monoisotopic (exact) mass is 204 g/mol. The van der Waals surface area contributed by atoms with Gasteiger partial charge >= 0.3 is 5.97 Å². The van der Waals surface area contributed by atoms with Gasteiger partial charge in [-0.3, -0.25) is 0 Å². The lowest BCUT2D eigenvalue weighted by Gasteiger charge is -2.24. The number of nitriles is 1. The van der Waals surface area contributed by atoms with E-state index in [1.54, 1.807) is 18.2 Å². The fourth-order valence-electron chi connectivity index (χ4n) is 1.37. The Morgan fingerprint density at radius 2 is 2.47 bits per heavy atom. The van der Waals surface area contributed by atoms with E-state index in [1.807, 2.05) is 6.07 Å². The average Bonchev–Trinajstić information content (AvgIpc) is 2.27. The lowest BCUT2D eigenvalue weighted by atomic mass is 10.1. The summed E-state index contributed by atoms with van der Waals surface area (Å²) in [6.45, 7) is 0.0667. The molecule has 2 rings (SSSR count). The van der Waals surface area contributed by atoms with Gasteiger partial charge in [0, 0.05) is 6.07 Å². The van der Waals surface area contributed by atoms with Crippen molar-refractivity contribution in [2.24, 2.45) is 0 Å². The lowest BCUT2D eigenvalue weighted by Crippen LogP contribution is -2.38. The van der Waals surface area contributed by atoms with Gasteiger partial charge in [-0.1, -0.05) is 0 Å². The number of carbonyl (C=O) groups is 1. The zero-order valence-electron chi connectivity index (χ0n) is 7.73. The SMILES string of the molecule is N#Cc1ccc2c(c1)OCC(C(=O)O)N2. The number of carboxylic acid groups (broad SMARTS) is 1. The van der Waals surface area contributed by atoms with Crippen molar-refractivity contribution in [1.29, 1.82) is 5.26 Å². The lowest BCUT2D eigenvalue weighted by molar-refractivity contribution is -0.138. The highest BCUT2D eigenvalue weighted by Gasteiger charge is 2.24. The average molecular weight is 204 g/mol. The van der Waals surface area contributed by atoms with Crippen molar-refractivity contribution < 1.29 is 14.6 Å². The molecule has 15 heavy (non-hydrogen) atoms. The zero-order chi connectivity index (χ0) is 10.8. The predicted octanol–water partition coefficient (Wildman–Crippen LogP) is 0.816. The van der Waals surface area contributed by atoms with Gasteiger partial charge in [0.15, 0.2) is 6.04 Å². The molecule has 0 aromatic heterocycles. The predicted molar refractivity (Wildman–Crippen MR) is 51.7 cm³/mol. The topological polar surface area (TPSA) is 82.3 Å². The molecule has 0 spiro atoms. The van der Waals surface area contributed by atoms with Crippen LogP contribution in [0.1, 0.15) is 5.56 Å². The molecule has 1 aliphatic rings. The maximum absolute atomic E-state index is 10.7. The number of carboxylic acids is 1. The molecule has 2 N–H and O–H groups in total. The molecule has 0 amide bonds. The Kier molecular flexibility index (Phi) is 2.18. The van der Waals surface area contributed by atoms with Crippen molar-refractivity contribution in [3.8, 4) is 11.8 Å². The van der Waals surface area contributed by atoms with Gasteiger partial charge in [0.05, 0.1) is 17.3 Å². The number of aliphatic carboxylic acids is 1. The first kappa shape index (κ1) is 9.34. The Morgan fingerprint density at radius 1 is 1.67 bits per heavy atom. The molecule has 0 fully saturated rings. The molecule has 5 heteroatoms. The van der Waals surface area contributed by atoms with Gasteiger partial charge in [0.1, 0.15) is 12.4 Å². The van der Waals surface area contributed by atoms with E-state index < -0.39 is 12.0 Å². The minimum atomic E-state index is -0.954. The number of nitrogens with one attached hydrogen (secondary N) is 1. The van der Waals surface area contributed by atoms with E-state index in [1.165, 1.54) is 0 Å². The van der Waals surface area contributed by atoms with Crippen LogP contribution in [0, 0.1) is 11.3 Å². The summed E-state index contributed by atoms with van der Waals surface area (Å²) < 4.78 is 5.25. The van der Waals surface area contributed by atoms with Crippen molar-refractivity contribution in [1.82, 2.24) is 0 Å². The Bertz CT molecular complexity index is 450. The van der Waals surface area contributed by atoms with Crippen molar-refractivity contribution in [3.63, 3.8) is 0 Å². The summed E-state index contributed by atoms with van der Waals surface area (Å²) in [5.41, 5.74) is 1.09. The van der Waals surface area contributed by atoms with Crippen LogP contribution >= 0.6 is 0 Å². The van der Waals surface area contributed by atoms with E-state index in [4.69, 9.17) is 15.1 Å². The molecule has 0 bridgehead atoms. The van der Waals surface area contributed by atoms with Crippen LogP contribution in [0.2, 0.25) is 0 Å². The summed E-state index contributed by atoms with van der Waals surface area (Å²) in [7, 11) is 0. The van der Waals surface area contributed by atoms with Crippen molar-refractivity contribution >= 4 is 11.7 Å². The number of hydrogen-bond acceptors (Lipinski definition) is 4. The van der Waals surface area contributed by atoms with Gasteiger partial charge in [0.25, 0.3) is 0 Å². The van der Waals surface area contributed by atoms with Crippen molar-refractivity contribution in [2.75, 3.05) is 11.9 Å². The normalized spacial score (nSPS) is 17.9. The summed E-state index contributed by atoms with van der Waals surface area (Å²) in [5, 5.41) is 20.2. The smallest absolute Gasteiger partial charge is 0.329 e. The third kappa shape index (κ3) is 1.70. The maximum atomic E-state index is 10.7. The molecule has 1 atom stereocenters. The van der Waals surface area contributed by atoms with Gasteiger partial charge in [-0.05, 0) is 12.1 Å². The van der Waals surface area contributed by atoms with E-state index in [9.17, 15) is 4.79 Å². The first-order chi connectivity index (χ1) is 7.20. The number of nitrogens with zero attached hydrogens (tertiary/aromatic N) is 1. The largest absolute Gasteiger partial charge is 0.489 e. The highest BCUT2D eigenvalue weighted by molar-refractivity contribution is 5.79. The Morgan fingerprint density at radius 3 is 3.13 bits per heavy atom. The summed E-state index contributed by atoms with van der Waals surface area (Å²) >= 11 is 0. The Balaban J connectivity index is 2.29. The second-order valence-corrected chi connectivity index (χ2v) is 3.17. The third-order valence-corrected chi connectivity index (χ3v) is 2.14. The molecule has 0 aliphatic carbocycles. The molecule has 0 saturated heterocycles. The summed E-state index contributed by atoms with van der Waals surface area (Å²) in [4.78, 5) is 10.7. The molecular formula is C10H8N2O3. The van der Waals surface area contributed by atoms with Gasteiger partial charge in [-0.25, -0.2) is 4.79 Å². The van der Waals surface area contributed by atoms with Crippen LogP contribution in [-0.4, -0.2) is 23.7 Å². The second kappa shape index (κ2) is 3.50. The van der Waals surface area contributed by atoms with Crippen LogP contribution in [0.15, 0.2) is 18.2 Å². The molecule has 0 radical (unpaired) electrons. The van der Waals surface area contributed by atoms with Crippen LogP contribution in [0.4, 0.5) is 5.69 Å². The molecule has 5 nitrogen and oxygen atoms in total. The summed E-state index contributed by atoms with van der Waals surface area (Å²) in [6.07, 6.45) is 0. The second-order valence-electron chi connectivity index (χ2n) is 3.17. The quantitative estimate of drug-likeness (QED) is 0.707. The van der Waals surface area contributed by atoms with E-state index in [-0.39, 0.29) is 6.61 Å². The van der Waals surface area contributed by atoms with Crippen molar-refractivity contribution in [2.45, 2.75) is 6.04 Å². The fraction of sp³-hybridized carbons (Fsp3) is 0.200. The van der Waals surface area contributed by atoms with Gasteiger partial charge < -0.3 is 15.2 Å². The van der Waals surface area contributed by atoms with Crippen LogP contribution < -0.4 is 10.1 Å². The van der Waals surface area contributed by atoms with Crippen LogP contribution in [0.3, 0.4) is 0 Å². The Labute approximate surface area is 85.9 Å². The van der Waals surface area contributed by atoms with E-state index in [0.717, 1.165) is 0 Å². The van der Waals surface area contributed by atoms with Gasteiger partial charge in [0.2, 0.25) is 0 Å². The van der Waals surface area contributed by atoms with Gasteiger partial charge in [-0.15, -0.1) is 0 Å². The number of anilines is 1. The molecule has 0 saturated carbocycles. The minimum absolute atomic E-state index is 0.0667. The Hall–Kier alpha value is -2.22. The van der Waals surface area contributed by atoms with Crippen LogP contribution in [0.5, 0.6) is 5.75 Å². The van der Waals surface area contributed by atoms with Crippen molar-refractivity contribution in [3.05, 3.63) is 23.8 Å². The number of ether oxygens (including phenoxy) is 1. The number of fused-ring (bicyclic) bond motifs is 1. The highest BCUT2D eigenvalue weighted by atomic mass is 16.5. The highest BCUT2D eigenvalue weighted by Crippen LogP contribution is 2.29. The van der Waals surface area contributed by atoms with Crippen LogP contribution in [0.25, 0.3) is 0 Å². The van der Waals surface area contributed by atoms with Crippen LogP contribution in [-0.2, 0) is 4.79 Å². The minimum Gasteiger partial charge on any atom is -0.489 e.